The van der Waals surface area contributed by atoms with E-state index >= 15 is 0 Å². The van der Waals surface area contributed by atoms with Crippen molar-refractivity contribution < 1.29 is 30.6 Å². The molecule has 29 heavy (non-hydrogen) atoms. The summed E-state index contributed by atoms with van der Waals surface area (Å²) in [6, 6.07) is 2.67. The van der Waals surface area contributed by atoms with Gasteiger partial charge in [-0.25, -0.2) is 13.2 Å². The second kappa shape index (κ2) is 6.60. The molecule has 0 aliphatic carbocycles. The van der Waals surface area contributed by atoms with Gasteiger partial charge in [-0.1, -0.05) is 6.08 Å². The summed E-state index contributed by atoms with van der Waals surface area (Å²) < 4.78 is 79.7. The van der Waals surface area contributed by atoms with Crippen LogP contribution in [0.25, 0.3) is 16.5 Å². The fourth-order valence-corrected chi connectivity index (χ4v) is 4.65. The molecule has 3 rings (SSSR count). The normalized spacial score (nSPS) is 16.9. The number of halogens is 3. The van der Waals surface area contributed by atoms with Crippen molar-refractivity contribution in [3.63, 3.8) is 0 Å². The first kappa shape index (κ1) is 21.4. The van der Waals surface area contributed by atoms with E-state index in [-0.39, 0.29) is 28.1 Å². The second-order valence-electron chi connectivity index (χ2n) is 7.83. The lowest BCUT2D eigenvalue weighted by Crippen LogP contribution is -2.49. The monoisotopic (exact) mass is 430 g/mol. The number of alkyl halides is 3. The molecule has 1 aromatic carbocycles. The largest absolute Gasteiger partial charge is 0.748 e. The predicted molar refractivity (Wildman–Crippen MR) is 102 cm³/mol. The van der Waals surface area contributed by atoms with E-state index in [0.29, 0.717) is 11.8 Å². The number of fused-ring (bicyclic) bond motifs is 2. The van der Waals surface area contributed by atoms with Crippen molar-refractivity contribution in [2.45, 2.75) is 45.5 Å². The molecule has 2 aromatic rings. The molecular formula is C19H19F3NO5S-. The van der Waals surface area contributed by atoms with Gasteiger partial charge in [0, 0.05) is 34.8 Å². The molecule has 0 saturated carbocycles. The summed E-state index contributed by atoms with van der Waals surface area (Å²) in [5, 5.41) is -0.381. The summed E-state index contributed by atoms with van der Waals surface area (Å²) in [6.07, 6.45) is -3.24. The lowest BCUT2D eigenvalue weighted by Gasteiger charge is -2.46. The molecule has 0 fully saturated rings. The minimum absolute atomic E-state index is 0.109. The number of rotatable bonds is 3. The van der Waals surface area contributed by atoms with Crippen LogP contribution in [0.15, 0.2) is 33.5 Å². The first-order chi connectivity index (χ1) is 13.1. The van der Waals surface area contributed by atoms with Gasteiger partial charge in [0.25, 0.3) is 0 Å². The van der Waals surface area contributed by atoms with Crippen LogP contribution in [-0.4, -0.2) is 30.3 Å². The van der Waals surface area contributed by atoms with E-state index < -0.39 is 38.8 Å². The average Bonchev–Trinajstić information content (AvgIpc) is 2.48. The number of hydrogen-bond acceptors (Lipinski definition) is 6. The minimum Gasteiger partial charge on any atom is -0.748 e. The van der Waals surface area contributed by atoms with Gasteiger partial charge in [-0.2, -0.15) is 13.2 Å². The summed E-state index contributed by atoms with van der Waals surface area (Å²) >= 11 is 0. The molecule has 1 aromatic heterocycles. The van der Waals surface area contributed by atoms with E-state index in [2.05, 4.69) is 0 Å². The molecule has 0 radical (unpaired) electrons. The van der Waals surface area contributed by atoms with E-state index in [1.54, 1.807) is 19.9 Å². The second-order valence-corrected chi connectivity index (χ2v) is 9.24. The van der Waals surface area contributed by atoms with Crippen LogP contribution >= 0.6 is 0 Å². The van der Waals surface area contributed by atoms with Gasteiger partial charge < -0.3 is 13.9 Å². The van der Waals surface area contributed by atoms with Crippen molar-refractivity contribution in [1.29, 1.82) is 0 Å². The quantitative estimate of drug-likeness (QED) is 0.544. The molecule has 158 valence electrons. The summed E-state index contributed by atoms with van der Waals surface area (Å²) in [5.74, 6) is -0.862. The third kappa shape index (κ3) is 4.04. The lowest BCUT2D eigenvalue weighted by molar-refractivity contribution is -0.136. The minimum atomic E-state index is -4.82. The maximum Gasteiger partial charge on any atom is 0.417 e. The van der Waals surface area contributed by atoms with Gasteiger partial charge >= 0.3 is 11.8 Å². The Hall–Kier alpha value is -2.33. The van der Waals surface area contributed by atoms with Crippen molar-refractivity contribution in [2.75, 3.05) is 10.7 Å². The summed E-state index contributed by atoms with van der Waals surface area (Å²) in [4.78, 5) is 13.6. The van der Waals surface area contributed by atoms with Gasteiger partial charge in [0.2, 0.25) is 0 Å². The highest BCUT2D eigenvalue weighted by Crippen LogP contribution is 2.44. The van der Waals surface area contributed by atoms with E-state index in [1.807, 2.05) is 18.7 Å². The Bertz CT molecular complexity index is 1180. The molecule has 10 heteroatoms. The topological polar surface area (TPSA) is 90.7 Å². The zero-order chi connectivity index (χ0) is 21.9. The highest BCUT2D eigenvalue weighted by molar-refractivity contribution is 7.86. The van der Waals surface area contributed by atoms with Crippen LogP contribution in [0, 0.1) is 0 Å². The molecule has 6 nitrogen and oxygen atoms in total. The Balaban J connectivity index is 2.43. The molecule has 1 aliphatic heterocycles. The van der Waals surface area contributed by atoms with Crippen molar-refractivity contribution in [2.24, 2.45) is 0 Å². The van der Waals surface area contributed by atoms with Gasteiger partial charge in [0.1, 0.15) is 5.58 Å². The number of anilines is 1. The van der Waals surface area contributed by atoms with Crippen LogP contribution < -0.4 is 10.5 Å². The Morgan fingerprint density at radius 1 is 1.21 bits per heavy atom. The van der Waals surface area contributed by atoms with E-state index in [1.165, 1.54) is 6.07 Å². The van der Waals surface area contributed by atoms with Gasteiger partial charge in [0.15, 0.2) is 0 Å². The van der Waals surface area contributed by atoms with Gasteiger partial charge in [-0.05, 0) is 39.3 Å². The highest BCUT2D eigenvalue weighted by atomic mass is 32.2. The van der Waals surface area contributed by atoms with Gasteiger partial charge in [-0.15, -0.1) is 0 Å². The molecular weight excluding hydrogens is 411 g/mol. The summed E-state index contributed by atoms with van der Waals surface area (Å²) in [7, 11) is -4.69. The zero-order valence-corrected chi connectivity index (χ0v) is 16.9. The first-order valence-corrected chi connectivity index (χ1v) is 10.3. The highest BCUT2D eigenvalue weighted by Gasteiger charge is 2.38. The SMILES string of the molecule is CC(C)N1c2cc3oc(=O)cc(C(F)(F)F)c3cc2C(CS(=O)(=O)[O-])=CC1(C)C. The number of nitrogens with zero attached hydrogens (tertiary/aromatic N) is 1. The zero-order valence-electron chi connectivity index (χ0n) is 16.1. The van der Waals surface area contributed by atoms with Crippen molar-refractivity contribution >= 4 is 32.3 Å². The summed E-state index contributed by atoms with van der Waals surface area (Å²) in [6.45, 7) is 7.31. The first-order valence-electron chi connectivity index (χ1n) is 8.74. The predicted octanol–water partition coefficient (Wildman–Crippen LogP) is 3.75. The molecule has 0 amide bonds. The van der Waals surface area contributed by atoms with Crippen LogP contribution in [0.4, 0.5) is 18.9 Å². The third-order valence-electron chi connectivity index (χ3n) is 4.77. The van der Waals surface area contributed by atoms with Crippen LogP contribution in [0.2, 0.25) is 0 Å². The fourth-order valence-electron chi connectivity index (χ4n) is 4.03. The lowest BCUT2D eigenvalue weighted by atomic mass is 9.86. The van der Waals surface area contributed by atoms with E-state index in [0.717, 1.165) is 6.07 Å². The Morgan fingerprint density at radius 2 is 1.83 bits per heavy atom. The number of hydrogen-bond donors (Lipinski definition) is 0. The molecule has 0 unspecified atom stereocenters. The van der Waals surface area contributed by atoms with Crippen molar-refractivity contribution in [3.8, 4) is 0 Å². The molecule has 0 bridgehead atoms. The maximum atomic E-state index is 13.5. The van der Waals surface area contributed by atoms with Crippen LogP contribution in [-0.2, 0) is 16.3 Å². The van der Waals surface area contributed by atoms with Crippen LogP contribution in [0.3, 0.4) is 0 Å². The number of benzene rings is 1. The molecule has 0 spiro atoms. The summed E-state index contributed by atoms with van der Waals surface area (Å²) in [5.41, 5.74) is -2.65. The third-order valence-corrected chi connectivity index (χ3v) is 5.43. The Labute approximate surface area is 165 Å². The van der Waals surface area contributed by atoms with Gasteiger partial charge in [-0.3, -0.25) is 0 Å². The van der Waals surface area contributed by atoms with Crippen molar-refractivity contribution in [1.82, 2.24) is 0 Å². The molecule has 0 saturated heterocycles. The molecule has 0 atom stereocenters. The molecule has 2 heterocycles. The Kier molecular flexibility index (Phi) is 4.86. The molecule has 0 N–H and O–H groups in total. The van der Waals surface area contributed by atoms with Crippen LogP contribution in [0.5, 0.6) is 0 Å². The van der Waals surface area contributed by atoms with E-state index in [9.17, 15) is 30.9 Å². The van der Waals surface area contributed by atoms with E-state index in [4.69, 9.17) is 4.42 Å². The van der Waals surface area contributed by atoms with Crippen molar-refractivity contribution in [3.05, 3.63) is 45.8 Å². The smallest absolute Gasteiger partial charge is 0.417 e. The maximum absolute atomic E-state index is 13.5. The fraction of sp³-hybridized carbons (Fsp3) is 0.421. The standard InChI is InChI=1S/C19H20F3NO5S/c1-10(2)23-15-7-16-13(14(19(20,21)22)6-17(24)28-16)5-12(15)11(8-18(23,3)4)9-29(25,26)27/h5-8,10H,9H2,1-4H3,(H,25,26,27)/p-1. The van der Waals surface area contributed by atoms with Crippen LogP contribution in [0.1, 0.15) is 38.8 Å². The Morgan fingerprint density at radius 3 is 2.34 bits per heavy atom. The average molecular weight is 430 g/mol. The van der Waals surface area contributed by atoms with Gasteiger partial charge in [0.05, 0.1) is 27.0 Å². The molecule has 1 aliphatic rings.